The van der Waals surface area contributed by atoms with Crippen LogP contribution in [0.15, 0.2) is 24.3 Å². The molecule has 0 aliphatic carbocycles. The highest BCUT2D eigenvalue weighted by molar-refractivity contribution is 5.04. The SMILES string of the molecule is CCCCCCCC/C=C/C=C/C(C)N. The van der Waals surface area contributed by atoms with Gasteiger partial charge >= 0.3 is 0 Å². The van der Waals surface area contributed by atoms with Crippen molar-refractivity contribution >= 4 is 0 Å². The van der Waals surface area contributed by atoms with E-state index in [-0.39, 0.29) is 6.04 Å². The van der Waals surface area contributed by atoms with Crippen LogP contribution in [0.4, 0.5) is 0 Å². The Kier molecular flexibility index (Phi) is 11.1. The molecule has 0 saturated heterocycles. The first kappa shape index (κ1) is 14.4. The molecule has 0 amide bonds. The Morgan fingerprint density at radius 3 is 2.33 bits per heavy atom. The highest BCUT2D eigenvalue weighted by Crippen LogP contribution is 2.07. The van der Waals surface area contributed by atoms with Crippen LogP contribution in [0.3, 0.4) is 0 Å². The van der Waals surface area contributed by atoms with Crippen LogP contribution < -0.4 is 5.73 Å². The van der Waals surface area contributed by atoms with E-state index in [0.29, 0.717) is 0 Å². The Bertz CT molecular complexity index is 168. The van der Waals surface area contributed by atoms with Gasteiger partial charge in [-0.15, -0.1) is 0 Å². The van der Waals surface area contributed by atoms with Crippen LogP contribution in [-0.2, 0) is 0 Å². The summed E-state index contributed by atoms with van der Waals surface area (Å²) < 4.78 is 0. The molecule has 15 heavy (non-hydrogen) atoms. The third kappa shape index (κ3) is 13.4. The lowest BCUT2D eigenvalue weighted by atomic mass is 10.1. The largest absolute Gasteiger partial charge is 0.325 e. The molecule has 1 nitrogen and oxygen atoms in total. The summed E-state index contributed by atoms with van der Waals surface area (Å²) in [5.41, 5.74) is 5.58. The molecule has 0 aliphatic heterocycles. The van der Waals surface area contributed by atoms with Gasteiger partial charge in [-0.2, -0.15) is 0 Å². The smallest absolute Gasteiger partial charge is 0.0197 e. The number of unbranched alkanes of at least 4 members (excludes halogenated alkanes) is 6. The van der Waals surface area contributed by atoms with E-state index in [9.17, 15) is 0 Å². The highest BCUT2D eigenvalue weighted by Gasteiger charge is 1.87. The third-order valence-electron chi connectivity index (χ3n) is 2.39. The van der Waals surface area contributed by atoms with E-state index in [0.717, 1.165) is 0 Å². The lowest BCUT2D eigenvalue weighted by Crippen LogP contribution is -2.09. The first-order valence-corrected chi connectivity index (χ1v) is 6.36. The molecule has 0 heterocycles. The zero-order chi connectivity index (χ0) is 11.4. The van der Waals surface area contributed by atoms with E-state index < -0.39 is 0 Å². The zero-order valence-electron chi connectivity index (χ0n) is 10.4. The average Bonchev–Trinajstić information content (AvgIpc) is 2.20. The molecule has 1 heteroatoms. The topological polar surface area (TPSA) is 26.0 Å². The van der Waals surface area contributed by atoms with Crippen molar-refractivity contribution in [1.29, 1.82) is 0 Å². The Morgan fingerprint density at radius 1 is 1.00 bits per heavy atom. The Hall–Kier alpha value is -0.560. The number of hydrogen-bond donors (Lipinski definition) is 1. The van der Waals surface area contributed by atoms with E-state index in [1.165, 1.54) is 44.9 Å². The molecule has 2 N–H and O–H groups in total. The van der Waals surface area contributed by atoms with Gasteiger partial charge in [0.25, 0.3) is 0 Å². The molecule has 0 spiro atoms. The second kappa shape index (κ2) is 11.5. The molecule has 0 aromatic carbocycles. The van der Waals surface area contributed by atoms with Crippen molar-refractivity contribution in [2.24, 2.45) is 5.73 Å². The molecule has 0 radical (unpaired) electrons. The molecule has 0 aromatic rings. The predicted molar refractivity (Wildman–Crippen MR) is 69.9 cm³/mol. The van der Waals surface area contributed by atoms with Crippen LogP contribution in [0.1, 0.15) is 58.8 Å². The molecule has 88 valence electrons. The van der Waals surface area contributed by atoms with E-state index >= 15 is 0 Å². The highest BCUT2D eigenvalue weighted by atomic mass is 14.6. The molecule has 1 unspecified atom stereocenters. The maximum Gasteiger partial charge on any atom is 0.0197 e. The quantitative estimate of drug-likeness (QED) is 0.447. The first-order chi connectivity index (χ1) is 7.27. The lowest BCUT2D eigenvalue weighted by molar-refractivity contribution is 0.611. The maximum absolute atomic E-state index is 5.58. The summed E-state index contributed by atoms with van der Waals surface area (Å²) in [7, 11) is 0. The van der Waals surface area contributed by atoms with Crippen molar-refractivity contribution < 1.29 is 0 Å². The van der Waals surface area contributed by atoms with Crippen LogP contribution in [0.25, 0.3) is 0 Å². The minimum Gasteiger partial charge on any atom is -0.325 e. The van der Waals surface area contributed by atoms with E-state index in [4.69, 9.17) is 5.73 Å². The molecular formula is C14H27N. The number of allylic oxidation sites excluding steroid dienone is 3. The summed E-state index contributed by atoms with van der Waals surface area (Å²) in [6.45, 7) is 4.24. The molecular weight excluding hydrogens is 182 g/mol. The van der Waals surface area contributed by atoms with Gasteiger partial charge in [0.15, 0.2) is 0 Å². The lowest BCUT2D eigenvalue weighted by Gasteiger charge is -1.97. The molecule has 0 saturated carbocycles. The van der Waals surface area contributed by atoms with Gasteiger partial charge in [-0.3, -0.25) is 0 Å². The van der Waals surface area contributed by atoms with Crippen LogP contribution in [-0.4, -0.2) is 6.04 Å². The van der Waals surface area contributed by atoms with E-state index in [1.807, 2.05) is 19.1 Å². The minimum atomic E-state index is 0.170. The fourth-order valence-corrected chi connectivity index (χ4v) is 1.46. The first-order valence-electron chi connectivity index (χ1n) is 6.36. The molecule has 0 aliphatic rings. The van der Waals surface area contributed by atoms with Crippen molar-refractivity contribution in [1.82, 2.24) is 0 Å². The Labute approximate surface area is 95.4 Å². The zero-order valence-corrected chi connectivity index (χ0v) is 10.4. The summed E-state index contributed by atoms with van der Waals surface area (Å²) >= 11 is 0. The van der Waals surface area contributed by atoms with Crippen LogP contribution in [0.2, 0.25) is 0 Å². The molecule has 0 fully saturated rings. The van der Waals surface area contributed by atoms with Crippen LogP contribution in [0.5, 0.6) is 0 Å². The van der Waals surface area contributed by atoms with Crippen LogP contribution in [0, 0.1) is 0 Å². The molecule has 0 aromatic heterocycles. The van der Waals surface area contributed by atoms with E-state index in [1.54, 1.807) is 0 Å². The van der Waals surface area contributed by atoms with Gasteiger partial charge in [-0.1, -0.05) is 63.3 Å². The van der Waals surface area contributed by atoms with E-state index in [2.05, 4.69) is 19.1 Å². The second-order valence-corrected chi connectivity index (χ2v) is 4.23. The van der Waals surface area contributed by atoms with Crippen molar-refractivity contribution in [2.45, 2.75) is 64.8 Å². The molecule has 0 bridgehead atoms. The fourth-order valence-electron chi connectivity index (χ4n) is 1.46. The van der Waals surface area contributed by atoms with Crippen molar-refractivity contribution in [2.75, 3.05) is 0 Å². The minimum absolute atomic E-state index is 0.170. The van der Waals surface area contributed by atoms with Gasteiger partial charge in [0.05, 0.1) is 0 Å². The van der Waals surface area contributed by atoms with Crippen LogP contribution >= 0.6 is 0 Å². The fraction of sp³-hybridized carbons (Fsp3) is 0.714. The summed E-state index contributed by atoms with van der Waals surface area (Å²) in [6.07, 6.45) is 17.8. The average molecular weight is 209 g/mol. The van der Waals surface area contributed by atoms with Gasteiger partial charge in [-0.25, -0.2) is 0 Å². The van der Waals surface area contributed by atoms with Gasteiger partial charge in [0, 0.05) is 6.04 Å². The summed E-state index contributed by atoms with van der Waals surface area (Å²) in [5, 5.41) is 0. The molecule has 1 atom stereocenters. The van der Waals surface area contributed by atoms with Crippen molar-refractivity contribution in [3.63, 3.8) is 0 Å². The van der Waals surface area contributed by atoms with Gasteiger partial charge in [-0.05, 0) is 19.8 Å². The summed E-state index contributed by atoms with van der Waals surface area (Å²) in [5.74, 6) is 0. The predicted octanol–water partition coefficient (Wildman–Crippen LogP) is 4.20. The molecule has 0 rings (SSSR count). The van der Waals surface area contributed by atoms with Gasteiger partial charge in [0.2, 0.25) is 0 Å². The second-order valence-electron chi connectivity index (χ2n) is 4.23. The maximum atomic E-state index is 5.58. The summed E-state index contributed by atoms with van der Waals surface area (Å²) in [4.78, 5) is 0. The normalized spacial score (nSPS) is 14.1. The van der Waals surface area contributed by atoms with Gasteiger partial charge in [0.1, 0.15) is 0 Å². The Morgan fingerprint density at radius 2 is 1.67 bits per heavy atom. The number of rotatable bonds is 9. The number of hydrogen-bond acceptors (Lipinski definition) is 1. The summed E-state index contributed by atoms with van der Waals surface area (Å²) in [6, 6.07) is 0.170. The third-order valence-corrected chi connectivity index (χ3v) is 2.39. The number of nitrogens with two attached hydrogens (primary N) is 1. The monoisotopic (exact) mass is 209 g/mol. The van der Waals surface area contributed by atoms with Gasteiger partial charge < -0.3 is 5.73 Å². The standard InChI is InChI=1S/C14H27N/c1-3-4-5-6-7-8-9-10-11-12-13-14(2)15/h10-14H,3-9,15H2,1-2H3/b11-10+,13-12+. The Balaban J connectivity index is 3.16. The van der Waals surface area contributed by atoms with Crippen molar-refractivity contribution in [3.05, 3.63) is 24.3 Å². The van der Waals surface area contributed by atoms with Crippen molar-refractivity contribution in [3.8, 4) is 0 Å².